The van der Waals surface area contributed by atoms with Gasteiger partial charge in [-0.15, -0.1) is 11.8 Å². The van der Waals surface area contributed by atoms with Gasteiger partial charge in [0.05, 0.1) is 0 Å². The van der Waals surface area contributed by atoms with E-state index in [1.54, 1.807) is 0 Å². The molecule has 0 atom stereocenters. The van der Waals surface area contributed by atoms with Crippen LogP contribution in [-0.2, 0) is 4.74 Å². The minimum absolute atomic E-state index is 0.543. The topological polar surface area (TPSA) is 73.1 Å². The maximum Gasteiger partial charge on any atom is 0.147 e. The number of thioether (sulfide) groups is 1. The number of hydrazine groups is 1. The van der Waals surface area contributed by atoms with Crippen LogP contribution >= 0.6 is 11.8 Å². The van der Waals surface area contributed by atoms with Crippen molar-refractivity contribution in [3.8, 4) is 0 Å². The van der Waals surface area contributed by atoms with Gasteiger partial charge in [-0.2, -0.15) is 0 Å². The molecule has 1 aromatic rings. The predicted octanol–water partition coefficient (Wildman–Crippen LogP) is 2.22. The minimum atomic E-state index is 0.543. The number of nitrogens with one attached hydrogen (secondary N) is 1. The average molecular weight is 280 g/mol. The third-order valence-corrected chi connectivity index (χ3v) is 5.07. The highest BCUT2D eigenvalue weighted by molar-refractivity contribution is 7.99. The van der Waals surface area contributed by atoms with Gasteiger partial charge in [0.15, 0.2) is 0 Å². The second-order valence-electron chi connectivity index (χ2n) is 5.21. The van der Waals surface area contributed by atoms with E-state index in [0.717, 1.165) is 48.3 Å². The smallest absolute Gasteiger partial charge is 0.147 e. The third kappa shape index (κ3) is 3.01. The fourth-order valence-electron chi connectivity index (χ4n) is 2.24. The number of aromatic nitrogens is 2. The standard InChI is InChI=1S/C13H20N4OS/c1-8-11(17-14)15-12(9-2-3-9)16-13(8)19-10-4-6-18-7-5-10/h9-10H,2-7,14H2,1H3,(H,15,16,17). The fourth-order valence-corrected chi connectivity index (χ4v) is 3.41. The lowest BCUT2D eigenvalue weighted by Gasteiger charge is -2.22. The zero-order chi connectivity index (χ0) is 13.2. The van der Waals surface area contributed by atoms with E-state index in [2.05, 4.69) is 10.4 Å². The Balaban J connectivity index is 1.83. The highest BCUT2D eigenvalue weighted by Gasteiger charge is 2.29. The summed E-state index contributed by atoms with van der Waals surface area (Å²) in [5, 5.41) is 1.68. The van der Waals surface area contributed by atoms with Gasteiger partial charge in [0.1, 0.15) is 16.7 Å². The van der Waals surface area contributed by atoms with Crippen molar-refractivity contribution in [2.45, 2.75) is 48.8 Å². The predicted molar refractivity (Wildman–Crippen MR) is 76.3 cm³/mol. The number of nitrogen functional groups attached to an aromatic ring is 1. The van der Waals surface area contributed by atoms with E-state index in [-0.39, 0.29) is 0 Å². The van der Waals surface area contributed by atoms with E-state index >= 15 is 0 Å². The maximum atomic E-state index is 5.57. The fraction of sp³-hybridized carbons (Fsp3) is 0.692. The number of nitrogens with zero attached hydrogens (tertiary/aromatic N) is 2. The zero-order valence-electron chi connectivity index (χ0n) is 11.2. The first kappa shape index (κ1) is 13.1. The molecular formula is C13H20N4OS. The molecule has 0 spiro atoms. The van der Waals surface area contributed by atoms with Gasteiger partial charge in [-0.3, -0.25) is 0 Å². The molecule has 3 rings (SSSR count). The summed E-state index contributed by atoms with van der Waals surface area (Å²) < 4.78 is 5.41. The van der Waals surface area contributed by atoms with Gasteiger partial charge in [0.2, 0.25) is 0 Å². The Morgan fingerprint density at radius 3 is 2.58 bits per heavy atom. The van der Waals surface area contributed by atoms with Crippen molar-refractivity contribution in [3.63, 3.8) is 0 Å². The van der Waals surface area contributed by atoms with Crippen LogP contribution in [0.25, 0.3) is 0 Å². The lowest BCUT2D eigenvalue weighted by atomic mass is 10.2. The summed E-state index contributed by atoms with van der Waals surface area (Å²) in [6.45, 7) is 3.76. The van der Waals surface area contributed by atoms with E-state index in [1.807, 2.05) is 18.7 Å². The third-order valence-electron chi connectivity index (χ3n) is 3.64. The molecule has 1 saturated heterocycles. The second-order valence-corrected chi connectivity index (χ2v) is 6.50. The molecule has 2 heterocycles. The molecule has 19 heavy (non-hydrogen) atoms. The molecule has 5 nitrogen and oxygen atoms in total. The molecule has 1 aliphatic carbocycles. The Bertz CT molecular complexity index is 458. The summed E-state index contributed by atoms with van der Waals surface area (Å²) >= 11 is 1.85. The minimum Gasteiger partial charge on any atom is -0.381 e. The summed E-state index contributed by atoms with van der Waals surface area (Å²) in [6.07, 6.45) is 4.60. The van der Waals surface area contributed by atoms with Gasteiger partial charge in [-0.1, -0.05) is 0 Å². The second kappa shape index (κ2) is 5.64. The Morgan fingerprint density at radius 1 is 1.21 bits per heavy atom. The molecule has 0 aromatic carbocycles. The summed E-state index contributed by atoms with van der Waals surface area (Å²) in [5.74, 6) is 7.84. The van der Waals surface area contributed by atoms with Crippen LogP contribution in [0.5, 0.6) is 0 Å². The molecule has 104 valence electrons. The molecular weight excluding hydrogens is 260 g/mol. The monoisotopic (exact) mass is 280 g/mol. The first-order chi connectivity index (χ1) is 9.28. The molecule has 1 aliphatic heterocycles. The van der Waals surface area contributed by atoms with E-state index in [1.165, 1.54) is 12.8 Å². The van der Waals surface area contributed by atoms with Crippen LogP contribution in [0.2, 0.25) is 0 Å². The van der Waals surface area contributed by atoms with Crippen LogP contribution in [0.1, 0.15) is 43.0 Å². The van der Waals surface area contributed by atoms with Crippen molar-refractivity contribution in [3.05, 3.63) is 11.4 Å². The van der Waals surface area contributed by atoms with Crippen LogP contribution in [0.15, 0.2) is 5.03 Å². The molecule has 1 saturated carbocycles. The average Bonchev–Trinajstić information content (AvgIpc) is 3.27. The zero-order valence-corrected chi connectivity index (χ0v) is 12.0. The molecule has 1 aromatic heterocycles. The summed E-state index contributed by atoms with van der Waals surface area (Å²) in [4.78, 5) is 9.27. The first-order valence-electron chi connectivity index (χ1n) is 6.87. The van der Waals surface area contributed by atoms with Crippen molar-refractivity contribution in [2.75, 3.05) is 18.6 Å². The van der Waals surface area contributed by atoms with Crippen LogP contribution in [0, 0.1) is 6.92 Å². The molecule has 0 bridgehead atoms. The van der Waals surface area contributed by atoms with Crippen LogP contribution in [0.3, 0.4) is 0 Å². The van der Waals surface area contributed by atoms with E-state index < -0.39 is 0 Å². The summed E-state index contributed by atoms with van der Waals surface area (Å²) in [6, 6.07) is 0. The van der Waals surface area contributed by atoms with Crippen molar-refractivity contribution < 1.29 is 4.74 Å². The lowest BCUT2D eigenvalue weighted by molar-refractivity contribution is 0.1000. The summed E-state index contributed by atoms with van der Waals surface area (Å²) in [7, 11) is 0. The first-order valence-corrected chi connectivity index (χ1v) is 7.75. The van der Waals surface area contributed by atoms with Gasteiger partial charge in [0, 0.05) is 29.9 Å². The molecule has 3 N–H and O–H groups in total. The lowest BCUT2D eigenvalue weighted by Crippen LogP contribution is -2.18. The molecule has 2 aliphatic rings. The Hall–Kier alpha value is -0.850. The van der Waals surface area contributed by atoms with Gasteiger partial charge in [-0.25, -0.2) is 15.8 Å². The highest BCUT2D eigenvalue weighted by Crippen LogP contribution is 2.41. The van der Waals surface area contributed by atoms with Crippen molar-refractivity contribution in [1.29, 1.82) is 0 Å². The number of hydrogen-bond donors (Lipinski definition) is 2. The van der Waals surface area contributed by atoms with Crippen molar-refractivity contribution >= 4 is 17.6 Å². The molecule has 0 unspecified atom stereocenters. The Morgan fingerprint density at radius 2 is 1.95 bits per heavy atom. The van der Waals surface area contributed by atoms with Crippen LogP contribution < -0.4 is 11.3 Å². The molecule has 0 amide bonds. The largest absolute Gasteiger partial charge is 0.381 e. The summed E-state index contributed by atoms with van der Waals surface area (Å²) in [5.41, 5.74) is 3.77. The number of rotatable bonds is 4. The van der Waals surface area contributed by atoms with Gasteiger partial charge >= 0.3 is 0 Å². The SMILES string of the molecule is Cc1c(NN)nc(C2CC2)nc1SC1CCOCC1. The number of anilines is 1. The van der Waals surface area contributed by atoms with Gasteiger partial charge < -0.3 is 10.2 Å². The Kier molecular flexibility index (Phi) is 3.91. The van der Waals surface area contributed by atoms with Gasteiger partial charge in [-0.05, 0) is 32.6 Å². The van der Waals surface area contributed by atoms with E-state index in [0.29, 0.717) is 11.2 Å². The highest BCUT2D eigenvalue weighted by atomic mass is 32.2. The number of ether oxygens (including phenoxy) is 1. The number of hydrogen-bond acceptors (Lipinski definition) is 6. The normalized spacial score (nSPS) is 20.5. The van der Waals surface area contributed by atoms with Crippen molar-refractivity contribution in [2.24, 2.45) is 5.84 Å². The van der Waals surface area contributed by atoms with Crippen LogP contribution in [-0.4, -0.2) is 28.4 Å². The quantitative estimate of drug-likeness (QED) is 0.500. The van der Waals surface area contributed by atoms with E-state index in [4.69, 9.17) is 15.6 Å². The maximum absolute atomic E-state index is 5.57. The Labute approximate surface area is 117 Å². The molecule has 0 radical (unpaired) electrons. The number of nitrogens with two attached hydrogens (primary N) is 1. The molecule has 6 heteroatoms. The van der Waals surface area contributed by atoms with E-state index in [9.17, 15) is 0 Å². The molecule has 2 fully saturated rings. The van der Waals surface area contributed by atoms with Gasteiger partial charge in [0.25, 0.3) is 0 Å². The van der Waals surface area contributed by atoms with Crippen LogP contribution in [0.4, 0.5) is 5.82 Å². The van der Waals surface area contributed by atoms with Crippen molar-refractivity contribution in [1.82, 2.24) is 9.97 Å².